The van der Waals surface area contributed by atoms with Crippen LogP contribution in [0.5, 0.6) is 5.75 Å². The number of primary amides is 1. The number of carbonyl (C=O) groups is 1. The van der Waals surface area contributed by atoms with Gasteiger partial charge in [-0.15, -0.1) is 21.5 Å². The van der Waals surface area contributed by atoms with Gasteiger partial charge in [-0.25, -0.2) is 0 Å². The van der Waals surface area contributed by atoms with Gasteiger partial charge in [0.15, 0.2) is 11.0 Å². The SMILES string of the molecule is COc1ccccc1-n1c(S[C@@H](C)C(N)=O)nnc1-c1cccs1. The molecule has 124 valence electrons. The van der Waals surface area contributed by atoms with Crippen LogP contribution in [0.15, 0.2) is 46.9 Å². The van der Waals surface area contributed by atoms with E-state index in [1.54, 1.807) is 25.4 Å². The molecule has 2 N–H and O–H groups in total. The van der Waals surface area contributed by atoms with Crippen molar-refractivity contribution in [1.29, 1.82) is 0 Å². The summed E-state index contributed by atoms with van der Waals surface area (Å²) in [5, 5.41) is 10.7. The van der Waals surface area contributed by atoms with E-state index in [0.717, 1.165) is 10.6 Å². The minimum absolute atomic E-state index is 0.396. The second-order valence-corrected chi connectivity index (χ2v) is 7.21. The Bertz CT molecular complexity index is 846. The van der Waals surface area contributed by atoms with Gasteiger partial charge in [0.25, 0.3) is 0 Å². The van der Waals surface area contributed by atoms with Crippen LogP contribution in [-0.2, 0) is 4.79 Å². The van der Waals surface area contributed by atoms with Gasteiger partial charge in [-0.1, -0.05) is 30.0 Å². The highest BCUT2D eigenvalue weighted by molar-refractivity contribution is 8.00. The summed E-state index contributed by atoms with van der Waals surface area (Å²) in [4.78, 5) is 12.4. The zero-order valence-electron chi connectivity index (χ0n) is 13.2. The van der Waals surface area contributed by atoms with Gasteiger partial charge in [-0.3, -0.25) is 9.36 Å². The number of rotatable bonds is 6. The van der Waals surface area contributed by atoms with Gasteiger partial charge < -0.3 is 10.5 Å². The quantitative estimate of drug-likeness (QED) is 0.683. The Labute approximate surface area is 147 Å². The zero-order valence-corrected chi connectivity index (χ0v) is 14.8. The second-order valence-electron chi connectivity index (χ2n) is 4.95. The summed E-state index contributed by atoms with van der Waals surface area (Å²) in [6.07, 6.45) is 0. The Kier molecular flexibility index (Phi) is 4.86. The van der Waals surface area contributed by atoms with E-state index in [0.29, 0.717) is 16.7 Å². The van der Waals surface area contributed by atoms with E-state index in [-0.39, 0.29) is 0 Å². The molecule has 2 aromatic heterocycles. The number of methoxy groups -OCH3 is 1. The summed E-state index contributed by atoms with van der Waals surface area (Å²) in [5.74, 6) is 1.00. The third-order valence-corrected chi connectivity index (χ3v) is 5.31. The first-order valence-corrected chi connectivity index (χ1v) is 8.96. The average molecular weight is 360 g/mol. The molecule has 3 aromatic rings. The topological polar surface area (TPSA) is 83.0 Å². The first kappa shape index (κ1) is 16.5. The Morgan fingerprint density at radius 3 is 2.75 bits per heavy atom. The molecule has 0 saturated carbocycles. The fourth-order valence-corrected chi connectivity index (χ4v) is 3.67. The molecule has 1 amide bonds. The Balaban J connectivity index is 2.16. The number of para-hydroxylation sites is 2. The number of aromatic nitrogens is 3. The molecule has 24 heavy (non-hydrogen) atoms. The molecule has 0 spiro atoms. The number of ether oxygens (including phenoxy) is 1. The third kappa shape index (κ3) is 3.15. The van der Waals surface area contributed by atoms with E-state index in [2.05, 4.69) is 10.2 Å². The number of hydrogen-bond acceptors (Lipinski definition) is 6. The summed E-state index contributed by atoms with van der Waals surface area (Å²) < 4.78 is 7.37. The molecule has 2 heterocycles. The van der Waals surface area contributed by atoms with E-state index in [1.807, 2.05) is 46.3 Å². The second kappa shape index (κ2) is 7.06. The minimum atomic E-state index is -0.418. The van der Waals surface area contributed by atoms with Crippen molar-refractivity contribution < 1.29 is 9.53 Å². The van der Waals surface area contributed by atoms with Crippen molar-refractivity contribution in [2.75, 3.05) is 7.11 Å². The van der Waals surface area contributed by atoms with Crippen LogP contribution in [-0.4, -0.2) is 33.0 Å². The van der Waals surface area contributed by atoms with Crippen molar-refractivity contribution in [2.45, 2.75) is 17.3 Å². The van der Waals surface area contributed by atoms with Crippen LogP contribution in [0.4, 0.5) is 0 Å². The maximum absolute atomic E-state index is 11.4. The molecule has 1 atom stereocenters. The smallest absolute Gasteiger partial charge is 0.230 e. The minimum Gasteiger partial charge on any atom is -0.495 e. The fraction of sp³-hybridized carbons (Fsp3) is 0.188. The highest BCUT2D eigenvalue weighted by Crippen LogP contribution is 2.35. The van der Waals surface area contributed by atoms with Gasteiger partial charge in [0.2, 0.25) is 5.91 Å². The normalized spacial score (nSPS) is 12.1. The largest absolute Gasteiger partial charge is 0.495 e. The van der Waals surface area contributed by atoms with Crippen molar-refractivity contribution >= 4 is 29.0 Å². The van der Waals surface area contributed by atoms with Crippen LogP contribution in [0, 0.1) is 0 Å². The lowest BCUT2D eigenvalue weighted by Gasteiger charge is -2.14. The number of carbonyl (C=O) groups excluding carboxylic acids is 1. The molecule has 0 bridgehead atoms. The molecule has 6 nitrogen and oxygen atoms in total. The molecule has 0 aliphatic heterocycles. The molecular weight excluding hydrogens is 344 g/mol. The number of thioether (sulfide) groups is 1. The van der Waals surface area contributed by atoms with Crippen molar-refractivity contribution in [3.8, 4) is 22.1 Å². The van der Waals surface area contributed by atoms with Crippen LogP contribution in [0.1, 0.15) is 6.92 Å². The fourth-order valence-electron chi connectivity index (χ4n) is 2.16. The lowest BCUT2D eigenvalue weighted by Crippen LogP contribution is -2.23. The number of amides is 1. The molecule has 0 unspecified atom stereocenters. The van der Waals surface area contributed by atoms with Gasteiger partial charge >= 0.3 is 0 Å². The maximum Gasteiger partial charge on any atom is 0.230 e. The van der Waals surface area contributed by atoms with E-state index in [1.165, 1.54) is 11.8 Å². The number of nitrogens with two attached hydrogens (primary N) is 1. The number of thiophene rings is 1. The van der Waals surface area contributed by atoms with Crippen LogP contribution < -0.4 is 10.5 Å². The molecule has 0 aliphatic carbocycles. The Morgan fingerprint density at radius 1 is 1.29 bits per heavy atom. The highest BCUT2D eigenvalue weighted by Gasteiger charge is 2.22. The molecule has 0 fully saturated rings. The van der Waals surface area contributed by atoms with Crippen molar-refractivity contribution in [2.24, 2.45) is 5.73 Å². The molecular formula is C16H16N4O2S2. The summed E-state index contributed by atoms with van der Waals surface area (Å²) >= 11 is 2.85. The predicted molar refractivity (Wildman–Crippen MR) is 95.7 cm³/mol. The van der Waals surface area contributed by atoms with Gasteiger partial charge in [-0.05, 0) is 30.5 Å². The molecule has 1 aromatic carbocycles. The summed E-state index contributed by atoms with van der Waals surface area (Å²) in [7, 11) is 1.62. The lowest BCUT2D eigenvalue weighted by atomic mass is 10.3. The van der Waals surface area contributed by atoms with Crippen molar-refractivity contribution in [1.82, 2.24) is 14.8 Å². The summed E-state index contributed by atoms with van der Waals surface area (Å²) in [6, 6.07) is 11.6. The number of nitrogens with zero attached hydrogens (tertiary/aromatic N) is 3. The van der Waals surface area contributed by atoms with Crippen LogP contribution in [0.2, 0.25) is 0 Å². The molecule has 0 radical (unpaired) electrons. The molecule has 8 heteroatoms. The van der Waals surface area contributed by atoms with Crippen LogP contribution in [0.3, 0.4) is 0 Å². The number of hydrogen-bond donors (Lipinski definition) is 1. The average Bonchev–Trinajstić information content (AvgIpc) is 3.23. The maximum atomic E-state index is 11.4. The van der Waals surface area contributed by atoms with E-state index < -0.39 is 11.2 Å². The van der Waals surface area contributed by atoms with Gasteiger partial charge in [0.05, 0.1) is 22.9 Å². The van der Waals surface area contributed by atoms with Gasteiger partial charge in [0, 0.05) is 0 Å². The van der Waals surface area contributed by atoms with E-state index in [9.17, 15) is 4.79 Å². The van der Waals surface area contributed by atoms with Crippen LogP contribution >= 0.6 is 23.1 Å². The zero-order chi connectivity index (χ0) is 17.1. The summed E-state index contributed by atoms with van der Waals surface area (Å²) in [5.41, 5.74) is 6.20. The standard InChI is InChI=1S/C16H16N4O2S2/c1-10(14(17)21)24-16-19-18-15(13-8-5-9-23-13)20(16)11-6-3-4-7-12(11)22-2/h3-10H,1-2H3,(H2,17,21)/t10-/m0/s1. The van der Waals surface area contributed by atoms with Gasteiger partial charge in [-0.2, -0.15) is 0 Å². The predicted octanol–water partition coefficient (Wildman–Crippen LogP) is 2.97. The summed E-state index contributed by atoms with van der Waals surface area (Å²) in [6.45, 7) is 1.75. The van der Waals surface area contributed by atoms with Crippen LogP contribution in [0.25, 0.3) is 16.4 Å². The Morgan fingerprint density at radius 2 is 2.08 bits per heavy atom. The van der Waals surface area contributed by atoms with E-state index in [4.69, 9.17) is 10.5 Å². The molecule has 0 saturated heterocycles. The first-order chi connectivity index (χ1) is 11.6. The monoisotopic (exact) mass is 360 g/mol. The van der Waals surface area contributed by atoms with E-state index >= 15 is 0 Å². The number of benzene rings is 1. The van der Waals surface area contributed by atoms with Crippen molar-refractivity contribution in [3.63, 3.8) is 0 Å². The highest BCUT2D eigenvalue weighted by atomic mass is 32.2. The first-order valence-electron chi connectivity index (χ1n) is 7.20. The lowest BCUT2D eigenvalue weighted by molar-refractivity contribution is -0.117. The Hall–Kier alpha value is -2.32. The molecule has 3 rings (SSSR count). The molecule has 0 aliphatic rings. The van der Waals surface area contributed by atoms with Crippen molar-refractivity contribution in [3.05, 3.63) is 41.8 Å². The van der Waals surface area contributed by atoms with Gasteiger partial charge in [0.1, 0.15) is 5.75 Å². The third-order valence-electron chi connectivity index (χ3n) is 3.38.